The molecule has 3 heteroatoms. The van der Waals surface area contributed by atoms with E-state index >= 15 is 0 Å². The molecule has 1 aromatic rings. The van der Waals surface area contributed by atoms with Crippen LogP contribution in [0.4, 0.5) is 0 Å². The van der Waals surface area contributed by atoms with Crippen molar-refractivity contribution >= 4 is 0 Å². The molecule has 0 radical (unpaired) electrons. The summed E-state index contributed by atoms with van der Waals surface area (Å²) in [5.74, 6) is 0. The molecule has 2 rings (SSSR count). The molecule has 0 spiro atoms. The van der Waals surface area contributed by atoms with E-state index < -0.39 is 0 Å². The molecule has 1 aliphatic rings. The zero-order valence-corrected chi connectivity index (χ0v) is 9.48. The predicted octanol–water partition coefficient (Wildman–Crippen LogP) is 1.44. The molecule has 1 aliphatic heterocycles. The SMILES string of the molecule is C[C@H](c1ccccn1)N(C)[C@H]1CCNC1. The van der Waals surface area contributed by atoms with Crippen LogP contribution in [-0.2, 0) is 0 Å². The Hall–Kier alpha value is -0.930. The van der Waals surface area contributed by atoms with Crippen molar-refractivity contribution in [2.45, 2.75) is 25.4 Å². The molecule has 1 aromatic heterocycles. The highest BCUT2D eigenvalue weighted by atomic mass is 15.2. The first-order valence-corrected chi connectivity index (χ1v) is 5.62. The number of pyridine rings is 1. The highest BCUT2D eigenvalue weighted by molar-refractivity contribution is 5.08. The minimum atomic E-state index is 0.399. The molecule has 0 aromatic carbocycles. The quantitative estimate of drug-likeness (QED) is 0.809. The van der Waals surface area contributed by atoms with E-state index in [0.717, 1.165) is 18.8 Å². The Balaban J connectivity index is 2.03. The molecule has 1 N–H and O–H groups in total. The zero-order chi connectivity index (χ0) is 10.7. The van der Waals surface area contributed by atoms with E-state index in [-0.39, 0.29) is 0 Å². The van der Waals surface area contributed by atoms with Gasteiger partial charge in [0.25, 0.3) is 0 Å². The molecule has 0 aliphatic carbocycles. The first-order chi connectivity index (χ1) is 7.29. The lowest BCUT2D eigenvalue weighted by atomic mass is 10.1. The van der Waals surface area contributed by atoms with Crippen molar-refractivity contribution in [3.8, 4) is 0 Å². The van der Waals surface area contributed by atoms with Gasteiger partial charge in [0.05, 0.1) is 5.69 Å². The second kappa shape index (κ2) is 4.73. The predicted molar refractivity (Wildman–Crippen MR) is 61.7 cm³/mol. The second-order valence-corrected chi connectivity index (χ2v) is 4.24. The molecule has 2 heterocycles. The van der Waals surface area contributed by atoms with Crippen molar-refractivity contribution in [1.82, 2.24) is 15.2 Å². The van der Waals surface area contributed by atoms with Gasteiger partial charge in [0.2, 0.25) is 0 Å². The molecule has 0 saturated carbocycles. The number of likely N-dealkylation sites (N-methyl/N-ethyl adjacent to an activating group) is 1. The van der Waals surface area contributed by atoms with E-state index in [1.165, 1.54) is 6.42 Å². The van der Waals surface area contributed by atoms with Crippen LogP contribution >= 0.6 is 0 Å². The summed E-state index contributed by atoms with van der Waals surface area (Å²) in [5, 5.41) is 3.40. The van der Waals surface area contributed by atoms with Gasteiger partial charge in [-0.05, 0) is 39.1 Å². The van der Waals surface area contributed by atoms with Gasteiger partial charge in [0.1, 0.15) is 0 Å². The van der Waals surface area contributed by atoms with Gasteiger partial charge in [-0.1, -0.05) is 6.07 Å². The molecule has 0 unspecified atom stereocenters. The number of nitrogens with one attached hydrogen (secondary N) is 1. The maximum Gasteiger partial charge on any atom is 0.0572 e. The molecule has 2 atom stereocenters. The highest BCUT2D eigenvalue weighted by Gasteiger charge is 2.24. The molecule has 0 bridgehead atoms. The standard InChI is InChI=1S/C12H19N3/c1-10(12-5-3-4-7-14-12)15(2)11-6-8-13-9-11/h3-5,7,10-11,13H,6,8-9H2,1-2H3/t10-,11+/m1/s1. The fraction of sp³-hybridized carbons (Fsp3) is 0.583. The van der Waals surface area contributed by atoms with Crippen molar-refractivity contribution < 1.29 is 0 Å². The average Bonchev–Trinajstić information content (AvgIpc) is 2.82. The minimum absolute atomic E-state index is 0.399. The van der Waals surface area contributed by atoms with Crippen molar-refractivity contribution in [2.24, 2.45) is 0 Å². The highest BCUT2D eigenvalue weighted by Crippen LogP contribution is 2.20. The Labute approximate surface area is 91.5 Å². The van der Waals surface area contributed by atoms with Gasteiger partial charge in [-0.15, -0.1) is 0 Å². The molecule has 82 valence electrons. The average molecular weight is 205 g/mol. The molecule has 0 amide bonds. The van der Waals surface area contributed by atoms with Crippen molar-refractivity contribution in [3.05, 3.63) is 30.1 Å². The third kappa shape index (κ3) is 2.36. The molecule has 1 fully saturated rings. The smallest absolute Gasteiger partial charge is 0.0572 e. The second-order valence-electron chi connectivity index (χ2n) is 4.24. The van der Waals surface area contributed by atoms with Gasteiger partial charge in [0, 0.05) is 24.8 Å². The van der Waals surface area contributed by atoms with Crippen LogP contribution in [0.15, 0.2) is 24.4 Å². The third-order valence-corrected chi connectivity index (χ3v) is 3.34. The lowest BCUT2D eigenvalue weighted by molar-refractivity contribution is 0.193. The van der Waals surface area contributed by atoms with Gasteiger partial charge in [0.15, 0.2) is 0 Å². The fourth-order valence-corrected chi connectivity index (χ4v) is 2.13. The number of aromatic nitrogens is 1. The summed E-state index contributed by atoms with van der Waals surface area (Å²) in [6.45, 7) is 4.47. The summed E-state index contributed by atoms with van der Waals surface area (Å²) >= 11 is 0. The van der Waals surface area contributed by atoms with E-state index in [1.54, 1.807) is 0 Å². The lowest BCUT2D eigenvalue weighted by Crippen LogP contribution is -2.35. The maximum atomic E-state index is 4.41. The van der Waals surface area contributed by atoms with Gasteiger partial charge in [-0.3, -0.25) is 9.88 Å². The number of nitrogens with zero attached hydrogens (tertiary/aromatic N) is 2. The number of rotatable bonds is 3. The molecule has 1 saturated heterocycles. The lowest BCUT2D eigenvalue weighted by Gasteiger charge is -2.29. The molecular formula is C12H19N3. The first-order valence-electron chi connectivity index (χ1n) is 5.62. The van der Waals surface area contributed by atoms with Crippen LogP contribution in [0.2, 0.25) is 0 Å². The van der Waals surface area contributed by atoms with Gasteiger partial charge in [-0.25, -0.2) is 0 Å². The van der Waals surface area contributed by atoms with Crippen molar-refractivity contribution in [3.63, 3.8) is 0 Å². The van der Waals surface area contributed by atoms with Crippen LogP contribution in [0.5, 0.6) is 0 Å². The van der Waals surface area contributed by atoms with E-state index in [0.29, 0.717) is 12.1 Å². The largest absolute Gasteiger partial charge is 0.315 e. The number of hydrogen-bond acceptors (Lipinski definition) is 3. The first kappa shape index (κ1) is 10.6. The van der Waals surface area contributed by atoms with Gasteiger partial charge in [-0.2, -0.15) is 0 Å². The Bertz CT molecular complexity index is 293. The summed E-state index contributed by atoms with van der Waals surface area (Å²) in [4.78, 5) is 6.83. The summed E-state index contributed by atoms with van der Waals surface area (Å²) in [6, 6.07) is 7.18. The fourth-order valence-electron chi connectivity index (χ4n) is 2.13. The third-order valence-electron chi connectivity index (χ3n) is 3.34. The van der Waals surface area contributed by atoms with E-state index in [9.17, 15) is 0 Å². The van der Waals surface area contributed by atoms with Crippen LogP contribution in [0.1, 0.15) is 25.1 Å². The zero-order valence-electron chi connectivity index (χ0n) is 9.48. The summed E-state index contributed by atoms with van der Waals surface area (Å²) in [5.41, 5.74) is 1.16. The Morgan fingerprint density at radius 3 is 3.00 bits per heavy atom. The van der Waals surface area contributed by atoms with Crippen molar-refractivity contribution in [1.29, 1.82) is 0 Å². The Morgan fingerprint density at radius 2 is 2.40 bits per heavy atom. The van der Waals surface area contributed by atoms with Gasteiger partial charge < -0.3 is 5.32 Å². The van der Waals surface area contributed by atoms with E-state index in [2.05, 4.69) is 41.3 Å². The Morgan fingerprint density at radius 1 is 1.53 bits per heavy atom. The summed E-state index contributed by atoms with van der Waals surface area (Å²) in [7, 11) is 2.19. The van der Waals surface area contributed by atoms with Gasteiger partial charge >= 0.3 is 0 Å². The molecule has 3 nitrogen and oxygen atoms in total. The van der Waals surface area contributed by atoms with E-state index in [4.69, 9.17) is 0 Å². The monoisotopic (exact) mass is 205 g/mol. The Kier molecular flexibility index (Phi) is 3.34. The van der Waals surface area contributed by atoms with Crippen LogP contribution in [0.3, 0.4) is 0 Å². The normalized spacial score (nSPS) is 23.3. The molecule has 15 heavy (non-hydrogen) atoms. The summed E-state index contributed by atoms with van der Waals surface area (Å²) < 4.78 is 0. The summed E-state index contributed by atoms with van der Waals surface area (Å²) in [6.07, 6.45) is 3.11. The van der Waals surface area contributed by atoms with Crippen LogP contribution in [0, 0.1) is 0 Å². The topological polar surface area (TPSA) is 28.2 Å². The van der Waals surface area contributed by atoms with Crippen molar-refractivity contribution in [2.75, 3.05) is 20.1 Å². The van der Waals surface area contributed by atoms with E-state index in [1.807, 2.05) is 12.3 Å². The maximum absolute atomic E-state index is 4.41. The molecular weight excluding hydrogens is 186 g/mol. The van der Waals surface area contributed by atoms with Crippen LogP contribution in [0.25, 0.3) is 0 Å². The van der Waals surface area contributed by atoms with Crippen LogP contribution in [-0.4, -0.2) is 36.1 Å². The number of hydrogen-bond donors (Lipinski definition) is 1. The minimum Gasteiger partial charge on any atom is -0.315 e. The van der Waals surface area contributed by atoms with Crippen LogP contribution < -0.4 is 5.32 Å².